The highest BCUT2D eigenvalue weighted by atomic mass is 14.2. The number of rotatable bonds is 9. The van der Waals surface area contributed by atoms with Crippen LogP contribution in [0.25, 0.3) is 0 Å². The maximum absolute atomic E-state index is 2.53. The quantitative estimate of drug-likeness (QED) is 0.477. The largest absolute Gasteiger partial charge is 0.0659 e. The molecule has 0 radical (unpaired) electrons. The number of hydrogen-bond donors (Lipinski definition) is 0. The van der Waals surface area contributed by atoms with Crippen LogP contribution in [0.2, 0.25) is 0 Å². The zero-order valence-electron chi connectivity index (χ0n) is 13.8. The molecule has 1 aromatic carbocycles. The fourth-order valence-corrected chi connectivity index (χ4v) is 3.16. The van der Waals surface area contributed by atoms with Crippen molar-refractivity contribution in [3.8, 4) is 0 Å². The summed E-state index contributed by atoms with van der Waals surface area (Å²) in [4.78, 5) is 0. The first-order valence-electron chi connectivity index (χ1n) is 8.77. The normalized spacial score (nSPS) is 14.7. The SMILES string of the molecule is CCCCC1=CC(CCc2ccccc2)=C(CCCC)C1. The molecule has 1 aliphatic rings. The van der Waals surface area contributed by atoms with Gasteiger partial charge in [0.25, 0.3) is 0 Å². The minimum absolute atomic E-state index is 1.18. The van der Waals surface area contributed by atoms with E-state index in [0.717, 1.165) is 0 Å². The van der Waals surface area contributed by atoms with E-state index in [4.69, 9.17) is 0 Å². The van der Waals surface area contributed by atoms with Gasteiger partial charge in [0.05, 0.1) is 0 Å². The van der Waals surface area contributed by atoms with Crippen LogP contribution in [-0.2, 0) is 6.42 Å². The van der Waals surface area contributed by atoms with E-state index in [2.05, 4.69) is 50.3 Å². The van der Waals surface area contributed by atoms with Crippen molar-refractivity contribution in [2.24, 2.45) is 0 Å². The van der Waals surface area contributed by atoms with Gasteiger partial charge < -0.3 is 0 Å². The lowest BCUT2D eigenvalue weighted by Gasteiger charge is -2.07. The molecule has 0 spiro atoms. The van der Waals surface area contributed by atoms with E-state index in [-0.39, 0.29) is 0 Å². The molecule has 0 saturated carbocycles. The number of unbranched alkanes of at least 4 members (excludes halogenated alkanes) is 2. The zero-order valence-corrected chi connectivity index (χ0v) is 13.8. The Morgan fingerprint density at radius 3 is 2.24 bits per heavy atom. The highest BCUT2D eigenvalue weighted by Gasteiger charge is 2.15. The second kappa shape index (κ2) is 8.87. The van der Waals surface area contributed by atoms with E-state index in [0.29, 0.717) is 0 Å². The molecule has 0 unspecified atom stereocenters. The van der Waals surface area contributed by atoms with Gasteiger partial charge in [0.1, 0.15) is 0 Å². The van der Waals surface area contributed by atoms with Crippen LogP contribution in [-0.4, -0.2) is 0 Å². The summed E-state index contributed by atoms with van der Waals surface area (Å²) in [6.45, 7) is 4.59. The molecule has 0 N–H and O–H groups in total. The first-order chi connectivity index (χ1) is 10.3. The molecule has 0 atom stereocenters. The molecule has 0 bridgehead atoms. The van der Waals surface area contributed by atoms with Gasteiger partial charge >= 0.3 is 0 Å². The first kappa shape index (κ1) is 16.1. The van der Waals surface area contributed by atoms with Crippen LogP contribution in [0.5, 0.6) is 0 Å². The number of allylic oxidation sites excluding steroid dienone is 4. The van der Waals surface area contributed by atoms with Crippen molar-refractivity contribution in [2.45, 2.75) is 71.6 Å². The predicted octanol–water partition coefficient (Wildman–Crippen LogP) is 6.63. The highest BCUT2D eigenvalue weighted by Crippen LogP contribution is 2.34. The van der Waals surface area contributed by atoms with Crippen molar-refractivity contribution in [1.29, 1.82) is 0 Å². The van der Waals surface area contributed by atoms with Gasteiger partial charge in [0.15, 0.2) is 0 Å². The van der Waals surface area contributed by atoms with Gasteiger partial charge in [-0.25, -0.2) is 0 Å². The second-order valence-corrected chi connectivity index (χ2v) is 6.30. The third-order valence-corrected chi connectivity index (χ3v) is 4.48. The standard InChI is InChI=1S/C21H30/c1-3-5-10-19-16-20(13-6-4-2)21(17-19)15-14-18-11-8-7-9-12-18/h7-9,11-12,17H,3-6,10,13-16H2,1-2H3. The Balaban J connectivity index is 1.96. The van der Waals surface area contributed by atoms with Gasteiger partial charge in [-0.15, -0.1) is 0 Å². The Bertz CT molecular complexity index is 476. The van der Waals surface area contributed by atoms with Crippen molar-refractivity contribution >= 4 is 0 Å². The maximum Gasteiger partial charge on any atom is -0.00994 e. The summed E-state index contributed by atoms with van der Waals surface area (Å²) < 4.78 is 0. The molecule has 0 aliphatic heterocycles. The Morgan fingerprint density at radius 1 is 0.810 bits per heavy atom. The zero-order chi connectivity index (χ0) is 14.9. The molecule has 0 aromatic heterocycles. The van der Waals surface area contributed by atoms with Crippen molar-refractivity contribution in [3.63, 3.8) is 0 Å². The summed E-state index contributed by atoms with van der Waals surface area (Å²) in [5.41, 5.74) is 6.54. The fraction of sp³-hybridized carbons (Fsp3) is 0.524. The Labute approximate surface area is 131 Å². The molecule has 2 rings (SSSR count). The lowest BCUT2D eigenvalue weighted by atomic mass is 9.98. The van der Waals surface area contributed by atoms with Crippen LogP contribution >= 0.6 is 0 Å². The third kappa shape index (κ3) is 5.19. The van der Waals surface area contributed by atoms with Crippen LogP contribution in [0.15, 0.2) is 53.1 Å². The van der Waals surface area contributed by atoms with Crippen LogP contribution < -0.4 is 0 Å². The number of aryl methyl sites for hydroxylation is 1. The number of benzene rings is 1. The molecular formula is C21H30. The molecule has 114 valence electrons. The van der Waals surface area contributed by atoms with Crippen LogP contribution in [0.1, 0.15) is 70.8 Å². The lowest BCUT2D eigenvalue weighted by molar-refractivity contribution is 0.742. The topological polar surface area (TPSA) is 0 Å². The molecule has 0 amide bonds. The van der Waals surface area contributed by atoms with E-state index in [1.54, 1.807) is 16.7 Å². The van der Waals surface area contributed by atoms with Gasteiger partial charge in [0, 0.05) is 0 Å². The van der Waals surface area contributed by atoms with E-state index < -0.39 is 0 Å². The highest BCUT2D eigenvalue weighted by molar-refractivity contribution is 5.39. The molecule has 0 fully saturated rings. The first-order valence-corrected chi connectivity index (χ1v) is 8.77. The molecule has 0 saturated heterocycles. The van der Waals surface area contributed by atoms with Gasteiger partial charge in [-0.2, -0.15) is 0 Å². The monoisotopic (exact) mass is 282 g/mol. The third-order valence-electron chi connectivity index (χ3n) is 4.48. The minimum atomic E-state index is 1.18. The van der Waals surface area contributed by atoms with Crippen LogP contribution in [0, 0.1) is 0 Å². The van der Waals surface area contributed by atoms with Crippen molar-refractivity contribution in [2.75, 3.05) is 0 Å². The average Bonchev–Trinajstić information content (AvgIpc) is 2.92. The maximum atomic E-state index is 2.53. The van der Waals surface area contributed by atoms with E-state index in [1.165, 1.54) is 63.4 Å². The fourth-order valence-electron chi connectivity index (χ4n) is 3.16. The van der Waals surface area contributed by atoms with Crippen molar-refractivity contribution in [3.05, 3.63) is 58.7 Å². The summed E-state index contributed by atoms with van der Waals surface area (Å²) in [6, 6.07) is 10.9. The van der Waals surface area contributed by atoms with E-state index >= 15 is 0 Å². The molecular weight excluding hydrogens is 252 g/mol. The molecule has 21 heavy (non-hydrogen) atoms. The molecule has 0 heterocycles. The molecule has 0 heteroatoms. The second-order valence-electron chi connectivity index (χ2n) is 6.30. The summed E-state index contributed by atoms with van der Waals surface area (Å²) in [5.74, 6) is 0. The van der Waals surface area contributed by atoms with Crippen LogP contribution in [0.4, 0.5) is 0 Å². The summed E-state index contributed by atoms with van der Waals surface area (Å²) >= 11 is 0. The molecule has 1 aromatic rings. The summed E-state index contributed by atoms with van der Waals surface area (Å²) in [5, 5.41) is 0. The van der Waals surface area contributed by atoms with Gasteiger partial charge in [-0.3, -0.25) is 0 Å². The number of hydrogen-bond acceptors (Lipinski definition) is 0. The van der Waals surface area contributed by atoms with Gasteiger partial charge in [0.2, 0.25) is 0 Å². The smallest absolute Gasteiger partial charge is 0.00994 e. The van der Waals surface area contributed by atoms with E-state index in [9.17, 15) is 0 Å². The van der Waals surface area contributed by atoms with Gasteiger partial charge in [-0.05, 0) is 56.1 Å². The van der Waals surface area contributed by atoms with Crippen molar-refractivity contribution in [1.82, 2.24) is 0 Å². The molecule has 0 nitrogen and oxygen atoms in total. The average molecular weight is 282 g/mol. The minimum Gasteiger partial charge on any atom is -0.0659 e. The van der Waals surface area contributed by atoms with Crippen molar-refractivity contribution < 1.29 is 0 Å². The van der Waals surface area contributed by atoms with Gasteiger partial charge in [-0.1, -0.05) is 74.2 Å². The summed E-state index contributed by atoms with van der Waals surface area (Å²) in [7, 11) is 0. The Morgan fingerprint density at radius 2 is 1.52 bits per heavy atom. The lowest BCUT2D eigenvalue weighted by Crippen LogP contribution is -1.90. The summed E-state index contributed by atoms with van der Waals surface area (Å²) in [6.07, 6.45) is 14.1. The Hall–Kier alpha value is -1.30. The molecule has 1 aliphatic carbocycles. The van der Waals surface area contributed by atoms with Crippen LogP contribution in [0.3, 0.4) is 0 Å². The van der Waals surface area contributed by atoms with E-state index in [1.807, 2.05) is 0 Å². The Kier molecular flexibility index (Phi) is 6.79. The predicted molar refractivity (Wildman–Crippen MR) is 93.5 cm³/mol.